The van der Waals surface area contributed by atoms with Crippen LogP contribution in [0, 0.1) is 5.41 Å². The summed E-state index contributed by atoms with van der Waals surface area (Å²) in [4.78, 5) is 18.8. The number of ether oxygens (including phenoxy) is 1. The highest BCUT2D eigenvalue weighted by atomic mass is 31.2. The first-order chi connectivity index (χ1) is 29.6. The molecule has 0 bridgehead atoms. The fourth-order valence-electron chi connectivity index (χ4n) is 7.58. The van der Waals surface area contributed by atoms with Gasteiger partial charge in [-0.15, -0.1) is 0 Å². The molecule has 1 aliphatic rings. The molecule has 1 aliphatic heterocycles. The van der Waals surface area contributed by atoms with E-state index in [-0.39, 0.29) is 50.6 Å². The number of hydrogen-bond acceptors (Lipinski definition) is 8. The maximum absolute atomic E-state index is 15.2. The van der Waals surface area contributed by atoms with Crippen LogP contribution in [0.25, 0.3) is 0 Å². The topological polar surface area (TPSA) is 164 Å². The maximum atomic E-state index is 15.2. The number of amidine groups is 1. The molecule has 3 atom stereocenters. The highest BCUT2D eigenvalue weighted by Crippen LogP contribution is 2.50. The number of carbonyl (C=O) groups excluding carboxylic acids is 1. The predicted molar refractivity (Wildman–Crippen MR) is 239 cm³/mol. The van der Waals surface area contributed by atoms with E-state index < -0.39 is 19.7 Å². The van der Waals surface area contributed by atoms with Crippen molar-refractivity contribution in [1.82, 2.24) is 9.80 Å². The highest BCUT2D eigenvalue weighted by molar-refractivity contribution is 7.53. The Balaban J connectivity index is 1.14. The molecule has 0 radical (unpaired) electrons. The molecule has 0 saturated carbocycles. The Morgan fingerprint density at radius 3 is 1.69 bits per heavy atom. The van der Waals surface area contributed by atoms with E-state index in [1.54, 1.807) is 29.2 Å². The summed E-state index contributed by atoms with van der Waals surface area (Å²) in [5.74, 6) is 0.296. The second-order valence-corrected chi connectivity index (χ2v) is 17.3. The molecular formula is C49H52N5O6P. The molecule has 6 aromatic rings. The van der Waals surface area contributed by atoms with Gasteiger partial charge in [-0.2, -0.15) is 0 Å². The van der Waals surface area contributed by atoms with Gasteiger partial charge in [-0.05, 0) is 76.9 Å². The van der Waals surface area contributed by atoms with Gasteiger partial charge in [-0.1, -0.05) is 140 Å². The highest BCUT2D eigenvalue weighted by Gasteiger charge is 2.41. The Bertz CT molecular complexity index is 2340. The summed E-state index contributed by atoms with van der Waals surface area (Å²) >= 11 is 0. The summed E-state index contributed by atoms with van der Waals surface area (Å²) in [7, 11) is -3.73. The van der Waals surface area contributed by atoms with Crippen molar-refractivity contribution in [1.29, 1.82) is 5.41 Å². The lowest BCUT2D eigenvalue weighted by Gasteiger charge is -2.36. The van der Waals surface area contributed by atoms with Crippen molar-refractivity contribution in [3.8, 4) is 5.75 Å². The molecule has 1 saturated heterocycles. The van der Waals surface area contributed by atoms with Crippen LogP contribution >= 0.6 is 7.60 Å². The van der Waals surface area contributed by atoms with Crippen LogP contribution < -0.4 is 16.2 Å². The third kappa shape index (κ3) is 11.7. The van der Waals surface area contributed by atoms with Gasteiger partial charge in [0.2, 0.25) is 0 Å². The first kappa shape index (κ1) is 42.9. The van der Waals surface area contributed by atoms with Crippen LogP contribution in [0.5, 0.6) is 5.75 Å². The van der Waals surface area contributed by atoms with Gasteiger partial charge in [0, 0.05) is 30.4 Å². The number of anilines is 1. The molecule has 11 nitrogen and oxygen atoms in total. The predicted octanol–water partition coefficient (Wildman–Crippen LogP) is 8.93. The Morgan fingerprint density at radius 2 is 1.15 bits per heavy atom. The number of carbonyl (C=O) groups is 1. The van der Waals surface area contributed by atoms with E-state index in [9.17, 15) is 9.67 Å². The van der Waals surface area contributed by atoms with E-state index >= 15 is 4.79 Å². The first-order valence-electron chi connectivity index (χ1n) is 20.4. The summed E-state index contributed by atoms with van der Waals surface area (Å²) in [6.45, 7) is 0.592. The van der Waals surface area contributed by atoms with Gasteiger partial charge in [0.15, 0.2) is 6.35 Å². The Labute approximate surface area is 357 Å². The molecule has 1 heterocycles. The van der Waals surface area contributed by atoms with Gasteiger partial charge >= 0.3 is 13.6 Å². The number of nitrogens with zero attached hydrogens (tertiary/aromatic N) is 2. The van der Waals surface area contributed by atoms with Gasteiger partial charge in [0.1, 0.15) is 11.6 Å². The fourth-order valence-corrected chi connectivity index (χ4v) is 8.80. The Kier molecular flexibility index (Phi) is 14.3. The molecule has 0 aliphatic carbocycles. The molecule has 0 unspecified atom stereocenters. The summed E-state index contributed by atoms with van der Waals surface area (Å²) in [6.07, 6.45) is 0.151. The summed E-state index contributed by atoms with van der Waals surface area (Å²) < 4.78 is 31.9. The molecule has 7 rings (SSSR count). The quantitative estimate of drug-likeness (QED) is 0.0289. The van der Waals surface area contributed by atoms with E-state index in [2.05, 4.69) is 0 Å². The van der Waals surface area contributed by atoms with Crippen LogP contribution in [0.2, 0.25) is 0 Å². The van der Waals surface area contributed by atoms with E-state index in [4.69, 9.17) is 30.7 Å². The van der Waals surface area contributed by atoms with Gasteiger partial charge in [0.25, 0.3) is 0 Å². The zero-order valence-corrected chi connectivity index (χ0v) is 34.9. The van der Waals surface area contributed by atoms with Gasteiger partial charge in [0.05, 0.1) is 25.4 Å². The lowest BCUT2D eigenvalue weighted by molar-refractivity contribution is 0.0661. The van der Waals surface area contributed by atoms with Crippen molar-refractivity contribution in [3.05, 3.63) is 203 Å². The number of nitrogens with one attached hydrogen (secondary N) is 1. The summed E-state index contributed by atoms with van der Waals surface area (Å²) in [5, 5.41) is 20.2. The van der Waals surface area contributed by atoms with Crippen LogP contribution in [0.15, 0.2) is 164 Å². The number of nitrogens with two attached hydrogens (primary N) is 2. The standard InChI is InChI=1S/C49H52N5O6P/c50-45-26-23-41(28-44(45)48(51)52)32-53-42(27-36-13-5-1-6-14-36)30-47(55)46(29-37-15-7-2-8-16-37)54(49(53)56)31-38-21-24-43(25-22-38)58-35-61(57,59-33-39-17-9-3-10-18-39)60-34-40-19-11-4-12-20-40/h1-26,28,42,46-47,55H,27,29-35,50H2,(H3,51,52)/t42-,46-,47-/m1/s1. The zero-order valence-electron chi connectivity index (χ0n) is 34.0. The summed E-state index contributed by atoms with van der Waals surface area (Å²) in [5.41, 5.74) is 18.2. The van der Waals surface area contributed by atoms with E-state index in [1.807, 2.05) is 144 Å². The Morgan fingerprint density at radius 1 is 0.656 bits per heavy atom. The van der Waals surface area contributed by atoms with Crippen LogP contribution in [-0.4, -0.2) is 51.3 Å². The molecule has 0 aromatic heterocycles. The van der Waals surface area contributed by atoms with Crippen molar-refractivity contribution < 1.29 is 28.3 Å². The van der Waals surface area contributed by atoms with E-state index in [0.29, 0.717) is 36.3 Å². The maximum Gasteiger partial charge on any atom is 0.368 e. The zero-order chi connectivity index (χ0) is 42.6. The lowest BCUT2D eigenvalue weighted by Crippen LogP contribution is -2.50. The van der Waals surface area contributed by atoms with E-state index in [0.717, 1.165) is 33.4 Å². The average molecular weight is 838 g/mol. The van der Waals surface area contributed by atoms with Crippen LogP contribution in [0.4, 0.5) is 10.5 Å². The molecule has 0 spiro atoms. The fraction of sp³-hybridized carbons (Fsp3) is 0.224. The number of amides is 2. The Hall–Kier alpha value is -6.23. The molecule has 314 valence electrons. The van der Waals surface area contributed by atoms with Crippen molar-refractivity contribution in [2.75, 3.05) is 12.1 Å². The summed E-state index contributed by atoms with van der Waals surface area (Å²) in [6, 6.07) is 50.2. The largest absolute Gasteiger partial charge is 0.481 e. The van der Waals surface area contributed by atoms with Crippen molar-refractivity contribution >= 4 is 25.1 Å². The second-order valence-electron chi connectivity index (χ2n) is 15.3. The van der Waals surface area contributed by atoms with E-state index in [1.165, 1.54) is 0 Å². The number of nitrogen functional groups attached to an aromatic ring is 2. The number of hydrogen-bond donors (Lipinski definition) is 4. The number of rotatable bonds is 18. The molecule has 61 heavy (non-hydrogen) atoms. The third-order valence-corrected chi connectivity index (χ3v) is 12.4. The smallest absolute Gasteiger partial charge is 0.368 e. The molecular weight excluding hydrogens is 786 g/mol. The molecule has 6 N–H and O–H groups in total. The number of aliphatic hydroxyl groups is 1. The van der Waals surface area contributed by atoms with Crippen LogP contribution in [0.3, 0.4) is 0 Å². The van der Waals surface area contributed by atoms with Gasteiger partial charge < -0.3 is 40.2 Å². The first-order valence-corrected chi connectivity index (χ1v) is 22.1. The van der Waals surface area contributed by atoms with Crippen molar-refractivity contribution in [3.63, 3.8) is 0 Å². The minimum absolute atomic E-state index is 0.0918. The minimum Gasteiger partial charge on any atom is -0.481 e. The lowest BCUT2D eigenvalue weighted by atomic mass is 9.93. The molecule has 1 fully saturated rings. The number of urea groups is 1. The molecule has 6 aromatic carbocycles. The van der Waals surface area contributed by atoms with Crippen molar-refractivity contribution in [2.45, 2.75) is 63.8 Å². The molecule has 12 heteroatoms. The average Bonchev–Trinajstić information content (AvgIpc) is 3.36. The van der Waals surface area contributed by atoms with Gasteiger partial charge in [-0.25, -0.2) is 4.79 Å². The third-order valence-electron chi connectivity index (χ3n) is 10.9. The molecule has 2 amide bonds. The SMILES string of the molecule is N=C(N)c1cc(CN2C(=O)N(Cc3ccc(OCP(=O)(OCc4ccccc4)OCc4ccccc4)cc3)[C@H](Cc3ccccc3)[C@H](O)C[C@H]2Cc2ccccc2)ccc1N. The normalized spacial score (nSPS) is 16.9. The van der Waals surface area contributed by atoms with Crippen molar-refractivity contribution in [2.24, 2.45) is 5.73 Å². The monoisotopic (exact) mass is 837 g/mol. The number of benzene rings is 6. The second kappa shape index (κ2) is 20.4. The number of aliphatic hydroxyl groups excluding tert-OH is 1. The van der Waals surface area contributed by atoms with Gasteiger partial charge in [-0.3, -0.25) is 9.97 Å². The van der Waals surface area contributed by atoms with Crippen LogP contribution in [-0.2, 0) is 52.8 Å². The van der Waals surface area contributed by atoms with Crippen LogP contribution in [0.1, 0.15) is 45.4 Å². The minimum atomic E-state index is -3.73.